The second-order valence-electron chi connectivity index (χ2n) is 6.86. The van der Waals surface area contributed by atoms with E-state index in [1.54, 1.807) is 0 Å². The third-order valence-corrected chi connectivity index (χ3v) is 4.71. The standard InChI is InChI=1S/C20H23F3N2O2/c21-20(22,23)18-7-2-1-6-17(18)19(27)11-24-15-5-3-4-14(10-15)12-25-9-8-16(26)13-25/h1-7,10,16,19,24,26-27H,8-9,11-13H2. The number of rotatable bonds is 6. The fourth-order valence-electron chi connectivity index (χ4n) is 3.36. The smallest absolute Gasteiger partial charge is 0.392 e. The lowest BCUT2D eigenvalue weighted by Gasteiger charge is -2.19. The molecular formula is C20H23F3N2O2. The van der Waals surface area contributed by atoms with Crippen LogP contribution >= 0.6 is 0 Å². The van der Waals surface area contributed by atoms with Crippen molar-refractivity contribution in [2.45, 2.75) is 31.3 Å². The molecule has 3 N–H and O–H groups in total. The molecule has 3 rings (SSSR count). The van der Waals surface area contributed by atoms with Gasteiger partial charge in [-0.1, -0.05) is 30.3 Å². The van der Waals surface area contributed by atoms with Crippen LogP contribution in [0.1, 0.15) is 29.2 Å². The van der Waals surface area contributed by atoms with E-state index in [1.807, 2.05) is 24.3 Å². The van der Waals surface area contributed by atoms with Gasteiger partial charge in [0.25, 0.3) is 0 Å². The van der Waals surface area contributed by atoms with Crippen molar-refractivity contribution >= 4 is 5.69 Å². The summed E-state index contributed by atoms with van der Waals surface area (Å²) >= 11 is 0. The Morgan fingerprint density at radius 2 is 1.93 bits per heavy atom. The highest BCUT2D eigenvalue weighted by Gasteiger charge is 2.34. The Hall–Kier alpha value is -2.09. The van der Waals surface area contributed by atoms with E-state index in [0.29, 0.717) is 13.1 Å². The number of β-amino-alcohol motifs (C(OH)–C–C–N with tert-alkyl or cyclic N) is 1. The molecule has 0 saturated carbocycles. The van der Waals surface area contributed by atoms with Crippen molar-refractivity contribution in [2.24, 2.45) is 0 Å². The lowest BCUT2D eigenvalue weighted by molar-refractivity contribution is -0.139. The number of hydrogen-bond acceptors (Lipinski definition) is 4. The van der Waals surface area contributed by atoms with Crippen molar-refractivity contribution in [3.05, 3.63) is 65.2 Å². The van der Waals surface area contributed by atoms with Crippen molar-refractivity contribution in [2.75, 3.05) is 25.0 Å². The number of aliphatic hydroxyl groups is 2. The average molecular weight is 380 g/mol. The second-order valence-corrected chi connectivity index (χ2v) is 6.86. The topological polar surface area (TPSA) is 55.7 Å². The summed E-state index contributed by atoms with van der Waals surface area (Å²) in [6, 6.07) is 12.6. The van der Waals surface area contributed by atoms with E-state index in [2.05, 4.69) is 10.2 Å². The minimum atomic E-state index is -4.50. The SMILES string of the molecule is OC1CCN(Cc2cccc(NCC(O)c3ccccc3C(F)(F)F)c2)C1. The molecule has 146 valence electrons. The zero-order chi connectivity index (χ0) is 19.4. The van der Waals surface area contributed by atoms with Crippen LogP contribution in [0.15, 0.2) is 48.5 Å². The van der Waals surface area contributed by atoms with Crippen LogP contribution in [0.2, 0.25) is 0 Å². The lowest BCUT2D eigenvalue weighted by Crippen LogP contribution is -2.21. The Balaban J connectivity index is 1.63. The van der Waals surface area contributed by atoms with Gasteiger partial charge < -0.3 is 15.5 Å². The summed E-state index contributed by atoms with van der Waals surface area (Å²) in [5, 5.41) is 22.9. The number of alkyl halides is 3. The zero-order valence-electron chi connectivity index (χ0n) is 14.8. The predicted molar refractivity (Wildman–Crippen MR) is 97.2 cm³/mol. The van der Waals surface area contributed by atoms with E-state index in [1.165, 1.54) is 18.2 Å². The van der Waals surface area contributed by atoms with Crippen LogP contribution in [0, 0.1) is 0 Å². The number of benzene rings is 2. The van der Waals surface area contributed by atoms with Crippen molar-refractivity contribution in [3.63, 3.8) is 0 Å². The first-order valence-corrected chi connectivity index (χ1v) is 8.90. The first-order valence-electron chi connectivity index (χ1n) is 8.90. The minimum Gasteiger partial charge on any atom is -0.392 e. The molecule has 1 aliphatic rings. The fraction of sp³-hybridized carbons (Fsp3) is 0.400. The van der Waals surface area contributed by atoms with E-state index in [9.17, 15) is 23.4 Å². The van der Waals surface area contributed by atoms with Gasteiger partial charge in [0, 0.05) is 31.9 Å². The van der Waals surface area contributed by atoms with Gasteiger partial charge >= 0.3 is 6.18 Å². The molecule has 27 heavy (non-hydrogen) atoms. The molecule has 7 heteroatoms. The van der Waals surface area contributed by atoms with E-state index in [-0.39, 0.29) is 18.2 Å². The zero-order valence-corrected chi connectivity index (χ0v) is 14.8. The normalized spacial score (nSPS) is 19.2. The van der Waals surface area contributed by atoms with Gasteiger partial charge in [0.15, 0.2) is 0 Å². The highest BCUT2D eigenvalue weighted by atomic mass is 19.4. The number of halogens is 3. The van der Waals surface area contributed by atoms with E-state index in [4.69, 9.17) is 0 Å². The van der Waals surface area contributed by atoms with Gasteiger partial charge in [-0.25, -0.2) is 0 Å². The Labute approximate surface area is 156 Å². The van der Waals surface area contributed by atoms with Gasteiger partial charge in [-0.15, -0.1) is 0 Å². The molecule has 0 amide bonds. The first-order chi connectivity index (χ1) is 12.8. The highest BCUT2D eigenvalue weighted by Crippen LogP contribution is 2.34. The number of nitrogens with one attached hydrogen (secondary N) is 1. The molecule has 0 spiro atoms. The number of nitrogens with zero attached hydrogens (tertiary/aromatic N) is 1. The second kappa shape index (κ2) is 8.29. The van der Waals surface area contributed by atoms with Gasteiger partial charge in [0.05, 0.1) is 17.8 Å². The van der Waals surface area contributed by atoms with E-state index < -0.39 is 17.8 Å². The molecule has 2 aromatic carbocycles. The predicted octanol–water partition coefficient (Wildman–Crippen LogP) is 3.42. The van der Waals surface area contributed by atoms with Gasteiger partial charge in [-0.2, -0.15) is 13.2 Å². The Morgan fingerprint density at radius 3 is 2.63 bits per heavy atom. The Bertz CT molecular complexity index is 767. The molecule has 0 radical (unpaired) electrons. The quantitative estimate of drug-likeness (QED) is 0.719. The van der Waals surface area contributed by atoms with Crippen LogP contribution in [0.3, 0.4) is 0 Å². The third-order valence-electron chi connectivity index (χ3n) is 4.71. The number of likely N-dealkylation sites (tertiary alicyclic amines) is 1. The summed E-state index contributed by atoms with van der Waals surface area (Å²) < 4.78 is 39.3. The van der Waals surface area contributed by atoms with Gasteiger partial charge in [0.1, 0.15) is 0 Å². The van der Waals surface area contributed by atoms with Gasteiger partial charge in [0.2, 0.25) is 0 Å². The van der Waals surface area contributed by atoms with E-state index >= 15 is 0 Å². The fourth-order valence-corrected chi connectivity index (χ4v) is 3.36. The minimum absolute atomic E-state index is 0.0288. The van der Waals surface area contributed by atoms with Crippen LogP contribution in [0.4, 0.5) is 18.9 Å². The van der Waals surface area contributed by atoms with Crippen molar-refractivity contribution in [1.29, 1.82) is 0 Å². The summed E-state index contributed by atoms with van der Waals surface area (Å²) in [5.74, 6) is 0. The summed E-state index contributed by atoms with van der Waals surface area (Å²) in [4.78, 5) is 2.15. The maximum Gasteiger partial charge on any atom is 0.416 e. The molecular weight excluding hydrogens is 357 g/mol. The van der Waals surface area contributed by atoms with Crippen LogP contribution < -0.4 is 5.32 Å². The molecule has 4 nitrogen and oxygen atoms in total. The third kappa shape index (κ3) is 5.22. The maximum absolute atomic E-state index is 13.1. The maximum atomic E-state index is 13.1. The first kappa shape index (κ1) is 19.7. The molecule has 0 aromatic heterocycles. The molecule has 1 heterocycles. The molecule has 0 aliphatic carbocycles. The summed E-state index contributed by atoms with van der Waals surface area (Å²) in [7, 11) is 0. The lowest BCUT2D eigenvalue weighted by atomic mass is 10.0. The van der Waals surface area contributed by atoms with Gasteiger partial charge in [-0.05, 0) is 35.7 Å². The molecule has 2 unspecified atom stereocenters. The number of anilines is 1. The Morgan fingerprint density at radius 1 is 1.15 bits per heavy atom. The average Bonchev–Trinajstić information content (AvgIpc) is 3.04. The highest BCUT2D eigenvalue weighted by molar-refractivity contribution is 5.46. The van der Waals surface area contributed by atoms with Crippen molar-refractivity contribution in [1.82, 2.24) is 4.90 Å². The summed E-state index contributed by atoms with van der Waals surface area (Å²) in [6.45, 7) is 2.15. The van der Waals surface area contributed by atoms with Crippen LogP contribution in [-0.2, 0) is 12.7 Å². The molecule has 2 atom stereocenters. The van der Waals surface area contributed by atoms with E-state index in [0.717, 1.165) is 30.3 Å². The molecule has 1 aliphatic heterocycles. The van der Waals surface area contributed by atoms with Crippen LogP contribution in [0.5, 0.6) is 0 Å². The largest absolute Gasteiger partial charge is 0.416 e. The van der Waals surface area contributed by atoms with Crippen LogP contribution in [-0.4, -0.2) is 40.9 Å². The molecule has 2 aromatic rings. The van der Waals surface area contributed by atoms with Crippen molar-refractivity contribution in [3.8, 4) is 0 Å². The molecule has 0 bridgehead atoms. The number of aliphatic hydroxyl groups excluding tert-OH is 2. The monoisotopic (exact) mass is 380 g/mol. The summed E-state index contributed by atoms with van der Waals surface area (Å²) in [5.41, 5.74) is 0.815. The Kier molecular flexibility index (Phi) is 6.04. The summed E-state index contributed by atoms with van der Waals surface area (Å²) in [6.07, 6.45) is -5.30. The van der Waals surface area contributed by atoms with Crippen molar-refractivity contribution < 1.29 is 23.4 Å². The van der Waals surface area contributed by atoms with Gasteiger partial charge in [-0.3, -0.25) is 4.90 Å². The molecule has 1 saturated heterocycles. The number of hydrogen-bond donors (Lipinski definition) is 3. The molecule has 1 fully saturated rings. The van der Waals surface area contributed by atoms with Crippen LogP contribution in [0.25, 0.3) is 0 Å².